The zero-order valence-corrected chi connectivity index (χ0v) is 67.7. The van der Waals surface area contributed by atoms with E-state index in [0.717, 1.165) is 66.8 Å². The van der Waals surface area contributed by atoms with Crippen LogP contribution in [-0.4, -0.2) is 14.0 Å². The summed E-state index contributed by atoms with van der Waals surface area (Å²) in [6.45, 7) is 23.6. The number of hydrogen-bond acceptors (Lipinski definition) is 20. The first-order valence-electron chi connectivity index (χ1n) is 33.9. The summed E-state index contributed by atoms with van der Waals surface area (Å²) in [4.78, 5) is 0. The number of rotatable bonds is 24. The van der Waals surface area contributed by atoms with Gasteiger partial charge in [0.15, 0.2) is 0 Å². The molecule has 0 atom stereocenters. The van der Waals surface area contributed by atoms with Crippen LogP contribution in [-0.2, 0) is 35.3 Å². The summed E-state index contributed by atoms with van der Waals surface area (Å²) >= 11 is 0. The third kappa shape index (κ3) is 31.8. The Morgan fingerprint density at radius 2 is 0.236 bits per heavy atom. The second-order valence-electron chi connectivity index (χ2n) is 25.1. The van der Waals surface area contributed by atoms with Crippen molar-refractivity contribution >= 4 is 31.3 Å². The molecule has 1 radical (unpaired) electrons. The quantitative estimate of drug-likeness (QED) is 0.0375. The number of aryl methyl sites for hydroxylation is 12. The van der Waals surface area contributed by atoms with E-state index in [0.29, 0.717) is 69.0 Å². The minimum absolute atomic E-state index is 0. The minimum atomic E-state index is -4.19. The fourth-order valence-corrected chi connectivity index (χ4v) is 14.0. The Bertz CT molecular complexity index is 3870. The molecule has 0 amide bonds. The Hall–Kier alpha value is -10.2. The Balaban J connectivity index is 0.000000199. The Morgan fingerprint density at radius 3 is 0.291 bits per heavy atom. The van der Waals surface area contributed by atoms with Gasteiger partial charge in [0.2, 0.25) is 0 Å². The molecule has 0 unspecified atom stereocenters. The number of phosphoric acid groups is 4. The van der Waals surface area contributed by atoms with Crippen molar-refractivity contribution in [3.63, 3.8) is 0 Å². The van der Waals surface area contributed by atoms with Gasteiger partial charge in [0.05, 0.1) is 0 Å². The molecule has 0 aromatic heterocycles. The van der Waals surface area contributed by atoms with Crippen LogP contribution < -0.4 is 58.9 Å². The molecule has 3 N–H and O–H groups in total. The van der Waals surface area contributed by atoms with E-state index in [2.05, 4.69) is 0 Å². The molecule has 110 heavy (non-hydrogen) atoms. The van der Waals surface area contributed by atoms with Crippen molar-refractivity contribution in [2.45, 2.75) is 83.1 Å². The summed E-state index contributed by atoms with van der Waals surface area (Å²) in [6.07, 6.45) is 0. The normalized spacial score (nSPS) is 11.1. The molecule has 12 aromatic carbocycles. The molecule has 26 heteroatoms. The van der Waals surface area contributed by atoms with Crippen LogP contribution in [0.15, 0.2) is 291 Å². The van der Waals surface area contributed by atoms with Crippen molar-refractivity contribution in [1.29, 1.82) is 0 Å². The first kappa shape index (κ1) is 87.0. The van der Waals surface area contributed by atoms with E-state index in [1.165, 1.54) is 0 Å². The average Bonchev–Trinajstić information content (AvgIpc) is 0.841. The van der Waals surface area contributed by atoms with E-state index in [1.54, 1.807) is 146 Å². The SMILES string of the molecule is Cc1ccc(OP(=O)(Oc2ccc(C)cc2)Oc2ccc(C)cc2)cc1.Cc1ccc(OP(=O)(Oc2ccc(C)cc2)Oc2ccc(C)cc2)cc1.Cc1ccc(OP(=O)(Oc2ccc(C)cc2)Oc2ccc(C)cc2)cc1.Cc1ccc(OP(=O)(Oc2ccc(C)cc2)Oc2ccc(C)cc2)cc1.[Cu+2].[O-][Cl+](O)(O)O. The monoisotopic (exact) mass is 1640 g/mol. The molecule has 0 saturated carbocycles. The Morgan fingerprint density at radius 1 is 0.182 bits per heavy atom. The summed E-state index contributed by atoms with van der Waals surface area (Å²) in [5.41, 5.74) is 12.9. The standard InChI is InChI=1S/4C21H21O4P.ClH3O4.Cu/c4*1-16-4-10-19(11-5-16)23-26(22,24-20-12-6-17(2)7-13-20)25-21-14-8-18(3)9-15-21;2-1(3,4)5;/h4*4-15H,1-3H3;2-4H;/q;;;;;+2. The van der Waals surface area contributed by atoms with Crippen LogP contribution in [0.1, 0.15) is 66.8 Å². The zero-order valence-electron chi connectivity index (χ0n) is 62.5. The molecule has 0 saturated heterocycles. The molecule has 20 nitrogen and oxygen atoms in total. The van der Waals surface area contributed by atoms with E-state index < -0.39 is 41.5 Å². The van der Waals surface area contributed by atoms with Gasteiger partial charge in [0, 0.05) is 0 Å². The van der Waals surface area contributed by atoms with Crippen LogP contribution in [0.3, 0.4) is 0 Å². The average molecular weight is 1640 g/mol. The van der Waals surface area contributed by atoms with Crippen molar-refractivity contribution in [3.8, 4) is 69.0 Å². The molecule has 0 aliphatic rings. The van der Waals surface area contributed by atoms with Gasteiger partial charge in [-0.15, -0.1) is 0 Å². The summed E-state index contributed by atoms with van der Waals surface area (Å²) in [5.74, 6) is 4.98. The fraction of sp³-hybridized carbons (Fsp3) is 0.143. The molecule has 0 aliphatic heterocycles. The fourth-order valence-electron chi connectivity index (χ4n) is 8.96. The van der Waals surface area contributed by atoms with Crippen LogP contribution in [0.5, 0.6) is 69.0 Å². The van der Waals surface area contributed by atoms with Crippen LogP contribution in [0, 0.1) is 93.3 Å². The van der Waals surface area contributed by atoms with Gasteiger partial charge < -0.3 is 54.3 Å². The second-order valence-corrected chi connectivity index (χ2v) is 31.7. The molecule has 0 aliphatic carbocycles. The second kappa shape index (κ2) is 41.0. The van der Waals surface area contributed by atoms with Crippen LogP contribution in [0.2, 0.25) is 0 Å². The van der Waals surface area contributed by atoms with Crippen molar-refractivity contribution < 1.29 is 118 Å². The van der Waals surface area contributed by atoms with E-state index >= 15 is 0 Å². The number of phosphoric ester groups is 4. The Labute approximate surface area is 655 Å². The van der Waals surface area contributed by atoms with Gasteiger partial charge >= 0.3 is 77.2 Å². The molecule has 12 rings (SSSR count). The van der Waals surface area contributed by atoms with Gasteiger partial charge in [0.1, 0.15) is 69.0 Å². The summed E-state index contributed by atoms with van der Waals surface area (Å²) in [7, 11) is -19.9. The molecule has 12 aromatic rings. The first-order chi connectivity index (χ1) is 51.7. The van der Waals surface area contributed by atoms with E-state index in [-0.39, 0.29) is 17.1 Å². The molecule has 0 heterocycles. The first-order valence-corrected chi connectivity index (χ1v) is 41.1. The molecule has 579 valence electrons. The number of halogens is 1. The van der Waals surface area contributed by atoms with Gasteiger partial charge in [-0.2, -0.15) is 18.3 Å². The van der Waals surface area contributed by atoms with Crippen LogP contribution in [0.4, 0.5) is 0 Å². The van der Waals surface area contributed by atoms with Crippen molar-refractivity contribution in [2.75, 3.05) is 0 Å². The molecular weight excluding hydrogens is 1550 g/mol. The number of benzene rings is 12. The third-order valence-electron chi connectivity index (χ3n) is 14.9. The molecular formula is C84H87ClCuO20P4+2. The van der Waals surface area contributed by atoms with Crippen molar-refractivity contribution in [2.24, 2.45) is 0 Å². The molecule has 0 fully saturated rings. The Kier molecular flexibility index (Phi) is 32.5. The van der Waals surface area contributed by atoms with Gasteiger partial charge in [-0.05, 0) is 229 Å². The number of hydrogen-bond donors (Lipinski definition) is 3. The van der Waals surface area contributed by atoms with Gasteiger partial charge in [-0.3, -0.25) is 0 Å². The van der Waals surface area contributed by atoms with E-state index in [9.17, 15) is 18.3 Å². The van der Waals surface area contributed by atoms with Crippen LogP contribution >= 0.6 is 31.3 Å². The summed E-state index contributed by atoms with van der Waals surface area (Å²) in [5, 5.41) is 0. The van der Waals surface area contributed by atoms with Crippen molar-refractivity contribution in [1.82, 2.24) is 0 Å². The molecule has 0 bridgehead atoms. The predicted molar refractivity (Wildman–Crippen MR) is 419 cm³/mol. The van der Waals surface area contributed by atoms with Gasteiger partial charge in [-0.25, -0.2) is 0 Å². The predicted octanol–water partition coefficient (Wildman–Crippen LogP) is 22.2. The summed E-state index contributed by atoms with van der Waals surface area (Å²) in [6, 6.07) is 86.6. The van der Waals surface area contributed by atoms with Gasteiger partial charge in [0.25, 0.3) is 0 Å². The van der Waals surface area contributed by atoms with Crippen molar-refractivity contribution in [3.05, 3.63) is 358 Å². The maximum atomic E-state index is 13.3. The topological polar surface area (TPSA) is 263 Å². The summed E-state index contributed by atoms with van der Waals surface area (Å²) < 4.78 is 151. The maximum absolute atomic E-state index is 13.3. The zero-order chi connectivity index (χ0) is 78.8. The van der Waals surface area contributed by atoms with E-state index in [1.807, 2.05) is 229 Å². The van der Waals surface area contributed by atoms with E-state index in [4.69, 9.17) is 72.9 Å². The molecule has 0 spiro atoms. The van der Waals surface area contributed by atoms with Crippen LogP contribution in [0.25, 0.3) is 0 Å². The third-order valence-corrected chi connectivity index (χ3v) is 20.1. The van der Waals surface area contributed by atoms with Gasteiger partial charge in [-0.1, -0.05) is 212 Å².